The lowest BCUT2D eigenvalue weighted by Crippen LogP contribution is -2.12. The summed E-state index contributed by atoms with van der Waals surface area (Å²) in [5.74, 6) is 0. The second-order valence-corrected chi connectivity index (χ2v) is 8.60. The molecule has 0 saturated heterocycles. The van der Waals surface area contributed by atoms with Crippen molar-refractivity contribution < 1.29 is 0 Å². The number of aromatic amines is 1. The van der Waals surface area contributed by atoms with Crippen LogP contribution in [-0.2, 0) is 6.54 Å². The van der Waals surface area contributed by atoms with Crippen LogP contribution in [-0.4, -0.2) is 25.0 Å². The van der Waals surface area contributed by atoms with Crippen LogP contribution >= 0.6 is 11.6 Å². The number of hydrogen-bond acceptors (Lipinski definition) is 4. The van der Waals surface area contributed by atoms with Crippen molar-refractivity contribution in [3.63, 3.8) is 0 Å². The van der Waals surface area contributed by atoms with E-state index in [1.54, 1.807) is 0 Å². The van der Waals surface area contributed by atoms with Crippen LogP contribution in [0.3, 0.4) is 0 Å². The Kier molecular flexibility index (Phi) is 4.47. The molecule has 0 spiro atoms. The molecule has 0 radical (unpaired) electrons. The molecule has 1 atom stereocenters. The quantitative estimate of drug-likeness (QED) is 0.360. The normalized spacial score (nSPS) is 15.2. The van der Waals surface area contributed by atoms with E-state index in [0.29, 0.717) is 0 Å². The molecular formula is C25H21ClN6. The molecule has 1 aliphatic rings. The molecule has 5 aromatic rings. The number of rotatable bonds is 3. The van der Waals surface area contributed by atoms with E-state index in [-0.39, 0.29) is 6.04 Å². The van der Waals surface area contributed by atoms with Gasteiger partial charge in [0.05, 0.1) is 29.1 Å². The number of halogens is 1. The zero-order valence-electron chi connectivity index (χ0n) is 17.5. The number of anilines is 1. The number of nitrogens with one attached hydrogen (secondary N) is 2. The summed E-state index contributed by atoms with van der Waals surface area (Å²) in [6.45, 7) is 2.81. The molecule has 6 nitrogen and oxygen atoms in total. The lowest BCUT2D eigenvalue weighted by molar-refractivity contribution is 0.539. The van der Waals surface area contributed by atoms with Gasteiger partial charge in [-0.2, -0.15) is 0 Å². The number of pyridine rings is 1. The number of aromatic nitrogens is 5. The molecule has 3 aromatic heterocycles. The van der Waals surface area contributed by atoms with E-state index in [4.69, 9.17) is 11.6 Å². The van der Waals surface area contributed by atoms with Crippen LogP contribution in [0.1, 0.15) is 23.7 Å². The Labute approximate surface area is 190 Å². The molecule has 1 aliphatic heterocycles. The molecule has 4 heterocycles. The minimum Gasteiger partial charge on any atom is -0.378 e. The van der Waals surface area contributed by atoms with Crippen LogP contribution in [0.25, 0.3) is 33.3 Å². The van der Waals surface area contributed by atoms with E-state index < -0.39 is 0 Å². The third-order valence-corrected chi connectivity index (χ3v) is 6.44. The number of benzene rings is 2. The van der Waals surface area contributed by atoms with Crippen molar-refractivity contribution in [3.8, 4) is 22.4 Å². The summed E-state index contributed by atoms with van der Waals surface area (Å²) >= 11 is 6.10. The molecule has 0 fully saturated rings. The van der Waals surface area contributed by atoms with Gasteiger partial charge in [0.25, 0.3) is 0 Å². The highest BCUT2D eigenvalue weighted by atomic mass is 35.5. The number of nitrogens with zero attached hydrogens (tertiary/aromatic N) is 4. The summed E-state index contributed by atoms with van der Waals surface area (Å²) in [5.41, 5.74) is 8.76. The maximum atomic E-state index is 6.10. The highest BCUT2D eigenvalue weighted by Gasteiger charge is 2.26. The fourth-order valence-corrected chi connectivity index (χ4v) is 4.76. The lowest BCUT2D eigenvalue weighted by atomic mass is 9.92. The van der Waals surface area contributed by atoms with Gasteiger partial charge >= 0.3 is 0 Å². The molecule has 7 heteroatoms. The maximum Gasteiger partial charge on any atom is 0.0918 e. The molecule has 2 aromatic carbocycles. The predicted octanol–water partition coefficient (Wildman–Crippen LogP) is 6.01. The molecule has 0 aliphatic carbocycles. The Balaban J connectivity index is 1.51. The lowest BCUT2D eigenvalue weighted by Gasteiger charge is -2.21. The van der Waals surface area contributed by atoms with Gasteiger partial charge in [0.1, 0.15) is 0 Å². The van der Waals surface area contributed by atoms with Crippen LogP contribution in [0.4, 0.5) is 5.69 Å². The number of hydrogen-bond donors (Lipinski definition) is 2. The van der Waals surface area contributed by atoms with Gasteiger partial charge in [-0.25, -0.2) is 4.68 Å². The standard InChI is InChI=1S/C25H21ClN6/c1-15-25-20-7-2-16(22-13-27-14-24-19(22)8-10-28-24)12-21(20)23(9-11-32(25)31-30-15)29-18-5-3-17(26)4-6-18/h2-8,10,12-14,23,28-29H,9,11H2,1H3. The van der Waals surface area contributed by atoms with Crippen molar-refractivity contribution in [2.45, 2.75) is 25.9 Å². The Morgan fingerprint density at radius 1 is 1.06 bits per heavy atom. The van der Waals surface area contributed by atoms with E-state index in [9.17, 15) is 0 Å². The monoisotopic (exact) mass is 440 g/mol. The van der Waals surface area contributed by atoms with Gasteiger partial charge < -0.3 is 10.3 Å². The molecule has 158 valence electrons. The van der Waals surface area contributed by atoms with E-state index in [1.807, 2.05) is 54.5 Å². The highest BCUT2D eigenvalue weighted by molar-refractivity contribution is 6.30. The summed E-state index contributed by atoms with van der Waals surface area (Å²) in [6.07, 6.45) is 6.65. The number of fused-ring (bicyclic) bond motifs is 4. The first-order valence-electron chi connectivity index (χ1n) is 10.7. The maximum absolute atomic E-state index is 6.10. The van der Waals surface area contributed by atoms with Crippen LogP contribution in [0.5, 0.6) is 0 Å². The minimum atomic E-state index is 0.116. The van der Waals surface area contributed by atoms with E-state index >= 15 is 0 Å². The molecular weight excluding hydrogens is 420 g/mol. The van der Waals surface area contributed by atoms with E-state index in [2.05, 4.69) is 49.9 Å². The Morgan fingerprint density at radius 3 is 2.81 bits per heavy atom. The fraction of sp³-hybridized carbons (Fsp3) is 0.160. The molecule has 6 rings (SSSR count). The Hall–Kier alpha value is -3.64. The van der Waals surface area contributed by atoms with Gasteiger partial charge in [0, 0.05) is 46.2 Å². The van der Waals surface area contributed by atoms with Crippen LogP contribution in [0.15, 0.2) is 67.1 Å². The van der Waals surface area contributed by atoms with E-state index in [0.717, 1.165) is 57.3 Å². The Bertz CT molecular complexity index is 1430. The second kappa shape index (κ2) is 7.50. The second-order valence-electron chi connectivity index (χ2n) is 8.17. The highest BCUT2D eigenvalue weighted by Crippen LogP contribution is 2.40. The SMILES string of the molecule is Cc1nnn2c1-c1ccc(-c3cncc4[nH]ccc34)cc1C(Nc1ccc(Cl)cc1)CC2. The van der Waals surface area contributed by atoms with Gasteiger partial charge in [-0.15, -0.1) is 5.10 Å². The minimum absolute atomic E-state index is 0.116. The first-order chi connectivity index (χ1) is 15.7. The van der Waals surface area contributed by atoms with Gasteiger partial charge in [-0.05, 0) is 60.9 Å². The van der Waals surface area contributed by atoms with Crippen LogP contribution in [0.2, 0.25) is 5.02 Å². The van der Waals surface area contributed by atoms with Crippen molar-refractivity contribution in [3.05, 3.63) is 83.4 Å². The molecule has 0 bridgehead atoms. The number of H-pyrrole nitrogens is 1. The van der Waals surface area contributed by atoms with Gasteiger partial charge in [-0.1, -0.05) is 28.9 Å². The van der Waals surface area contributed by atoms with E-state index in [1.165, 1.54) is 10.9 Å². The first kappa shape index (κ1) is 19.1. The van der Waals surface area contributed by atoms with Gasteiger partial charge in [0.15, 0.2) is 0 Å². The molecule has 2 N–H and O–H groups in total. The van der Waals surface area contributed by atoms with Crippen molar-refractivity contribution in [2.75, 3.05) is 5.32 Å². The molecule has 32 heavy (non-hydrogen) atoms. The summed E-state index contributed by atoms with van der Waals surface area (Å²) in [7, 11) is 0. The summed E-state index contributed by atoms with van der Waals surface area (Å²) in [6, 6.07) is 16.7. The van der Waals surface area contributed by atoms with Gasteiger partial charge in [-0.3, -0.25) is 4.98 Å². The molecule has 0 amide bonds. The Morgan fingerprint density at radius 2 is 1.94 bits per heavy atom. The average Bonchev–Trinajstić information content (AvgIpc) is 3.40. The third kappa shape index (κ3) is 3.15. The topological polar surface area (TPSA) is 71.4 Å². The fourth-order valence-electron chi connectivity index (χ4n) is 4.64. The summed E-state index contributed by atoms with van der Waals surface area (Å²) in [5, 5.41) is 14.3. The predicted molar refractivity (Wildman–Crippen MR) is 128 cm³/mol. The van der Waals surface area contributed by atoms with Crippen LogP contribution < -0.4 is 5.32 Å². The molecule has 1 unspecified atom stereocenters. The molecule has 0 saturated carbocycles. The average molecular weight is 441 g/mol. The van der Waals surface area contributed by atoms with Crippen molar-refractivity contribution >= 4 is 28.2 Å². The zero-order chi connectivity index (χ0) is 21.7. The third-order valence-electron chi connectivity index (χ3n) is 6.19. The summed E-state index contributed by atoms with van der Waals surface area (Å²) in [4.78, 5) is 7.70. The van der Waals surface area contributed by atoms with Crippen molar-refractivity contribution in [1.82, 2.24) is 25.0 Å². The summed E-state index contributed by atoms with van der Waals surface area (Å²) < 4.78 is 2.02. The smallest absolute Gasteiger partial charge is 0.0918 e. The van der Waals surface area contributed by atoms with Crippen molar-refractivity contribution in [1.29, 1.82) is 0 Å². The van der Waals surface area contributed by atoms with Crippen molar-refractivity contribution in [2.24, 2.45) is 0 Å². The largest absolute Gasteiger partial charge is 0.378 e. The zero-order valence-corrected chi connectivity index (χ0v) is 18.3. The van der Waals surface area contributed by atoms with Gasteiger partial charge in [0.2, 0.25) is 0 Å². The first-order valence-corrected chi connectivity index (χ1v) is 11.0. The van der Waals surface area contributed by atoms with Crippen LogP contribution in [0, 0.1) is 6.92 Å². The number of aryl methyl sites for hydroxylation is 2.